The SMILES string of the molecule is COc1ccccc1C(CNC(=O)Cc1ccc(OC(F)F)cc1)N1CCCCC1. The highest BCUT2D eigenvalue weighted by Crippen LogP contribution is 2.31. The predicted octanol–water partition coefficient (Wildman–Crippen LogP) is 4.18. The van der Waals surface area contributed by atoms with Gasteiger partial charge in [-0.1, -0.05) is 36.8 Å². The summed E-state index contributed by atoms with van der Waals surface area (Å²) in [6, 6.07) is 14.1. The molecule has 0 saturated carbocycles. The van der Waals surface area contributed by atoms with Crippen LogP contribution in [0.3, 0.4) is 0 Å². The number of ether oxygens (including phenoxy) is 2. The Morgan fingerprint density at radius 3 is 2.43 bits per heavy atom. The third-order valence-electron chi connectivity index (χ3n) is 5.34. The van der Waals surface area contributed by atoms with Gasteiger partial charge in [0.2, 0.25) is 5.91 Å². The number of hydrogen-bond acceptors (Lipinski definition) is 4. The fourth-order valence-electron chi connectivity index (χ4n) is 3.85. The first kappa shape index (κ1) is 22.0. The summed E-state index contributed by atoms with van der Waals surface area (Å²) in [6.07, 6.45) is 3.69. The number of methoxy groups -OCH3 is 1. The smallest absolute Gasteiger partial charge is 0.387 e. The molecule has 1 aliphatic rings. The number of nitrogens with zero attached hydrogens (tertiary/aromatic N) is 1. The first-order valence-corrected chi connectivity index (χ1v) is 10.2. The van der Waals surface area contributed by atoms with Crippen LogP contribution in [-0.2, 0) is 11.2 Å². The zero-order valence-corrected chi connectivity index (χ0v) is 17.2. The number of rotatable bonds is 9. The highest BCUT2D eigenvalue weighted by molar-refractivity contribution is 5.78. The molecule has 1 amide bonds. The molecule has 2 aromatic rings. The van der Waals surface area contributed by atoms with Crippen LogP contribution >= 0.6 is 0 Å². The van der Waals surface area contributed by atoms with E-state index in [0.717, 1.165) is 42.8 Å². The molecular formula is C23H28F2N2O3. The molecule has 1 heterocycles. The largest absolute Gasteiger partial charge is 0.496 e. The van der Waals surface area contributed by atoms with Gasteiger partial charge in [-0.15, -0.1) is 0 Å². The lowest BCUT2D eigenvalue weighted by Gasteiger charge is -2.35. The van der Waals surface area contributed by atoms with Crippen molar-refractivity contribution in [2.75, 3.05) is 26.7 Å². The number of likely N-dealkylation sites (tertiary alicyclic amines) is 1. The Morgan fingerprint density at radius 1 is 1.07 bits per heavy atom. The van der Waals surface area contributed by atoms with Gasteiger partial charge < -0.3 is 14.8 Å². The second kappa shape index (κ2) is 10.9. The van der Waals surface area contributed by atoms with Gasteiger partial charge in [-0.3, -0.25) is 9.69 Å². The third kappa shape index (κ3) is 6.16. The van der Waals surface area contributed by atoms with E-state index in [0.29, 0.717) is 6.54 Å². The van der Waals surface area contributed by atoms with E-state index in [2.05, 4.69) is 15.0 Å². The second-order valence-electron chi connectivity index (χ2n) is 7.36. The van der Waals surface area contributed by atoms with Gasteiger partial charge in [0.25, 0.3) is 0 Å². The molecule has 0 spiro atoms. The average Bonchev–Trinajstić information content (AvgIpc) is 2.76. The molecule has 1 unspecified atom stereocenters. The van der Waals surface area contributed by atoms with Crippen LogP contribution in [0, 0.1) is 0 Å². The highest BCUT2D eigenvalue weighted by Gasteiger charge is 2.25. The average molecular weight is 418 g/mol. The van der Waals surface area contributed by atoms with Gasteiger partial charge in [0.15, 0.2) is 0 Å². The van der Waals surface area contributed by atoms with Crippen molar-refractivity contribution >= 4 is 5.91 Å². The fraction of sp³-hybridized carbons (Fsp3) is 0.435. The minimum absolute atomic E-state index is 0.0345. The number of halogens is 2. The van der Waals surface area contributed by atoms with E-state index in [-0.39, 0.29) is 24.1 Å². The molecule has 3 rings (SSSR count). The number of para-hydroxylation sites is 1. The van der Waals surface area contributed by atoms with E-state index < -0.39 is 6.61 Å². The van der Waals surface area contributed by atoms with Crippen molar-refractivity contribution in [3.63, 3.8) is 0 Å². The van der Waals surface area contributed by atoms with Gasteiger partial charge in [-0.25, -0.2) is 0 Å². The van der Waals surface area contributed by atoms with Gasteiger partial charge >= 0.3 is 6.61 Å². The summed E-state index contributed by atoms with van der Waals surface area (Å²) < 4.78 is 34.4. The maximum Gasteiger partial charge on any atom is 0.387 e. The van der Waals surface area contributed by atoms with Crippen LogP contribution in [0.25, 0.3) is 0 Å². The number of carbonyl (C=O) groups is 1. The van der Waals surface area contributed by atoms with E-state index in [1.807, 2.05) is 24.3 Å². The van der Waals surface area contributed by atoms with Crippen LogP contribution in [0.2, 0.25) is 0 Å². The number of benzene rings is 2. The van der Waals surface area contributed by atoms with Crippen molar-refractivity contribution in [2.45, 2.75) is 38.3 Å². The molecule has 5 nitrogen and oxygen atoms in total. The summed E-state index contributed by atoms with van der Waals surface area (Å²) in [7, 11) is 1.66. The van der Waals surface area contributed by atoms with E-state index >= 15 is 0 Å². The van der Waals surface area contributed by atoms with Crippen LogP contribution in [0.15, 0.2) is 48.5 Å². The van der Waals surface area contributed by atoms with Crippen molar-refractivity contribution in [1.29, 1.82) is 0 Å². The van der Waals surface area contributed by atoms with Crippen molar-refractivity contribution in [2.24, 2.45) is 0 Å². The number of piperidine rings is 1. The Morgan fingerprint density at radius 2 is 1.77 bits per heavy atom. The molecule has 162 valence electrons. The highest BCUT2D eigenvalue weighted by atomic mass is 19.3. The summed E-state index contributed by atoms with van der Waals surface area (Å²) >= 11 is 0. The molecule has 30 heavy (non-hydrogen) atoms. The molecule has 0 radical (unpaired) electrons. The van der Waals surface area contributed by atoms with E-state index in [4.69, 9.17) is 4.74 Å². The van der Waals surface area contributed by atoms with E-state index in [1.165, 1.54) is 18.6 Å². The van der Waals surface area contributed by atoms with Crippen molar-refractivity contribution in [3.05, 3.63) is 59.7 Å². The van der Waals surface area contributed by atoms with Crippen molar-refractivity contribution in [3.8, 4) is 11.5 Å². The van der Waals surface area contributed by atoms with Gasteiger partial charge in [0.05, 0.1) is 19.6 Å². The van der Waals surface area contributed by atoms with Crippen LogP contribution in [-0.4, -0.2) is 44.2 Å². The molecule has 1 fully saturated rings. The number of nitrogens with one attached hydrogen (secondary N) is 1. The standard InChI is InChI=1S/C23H28F2N2O3/c1-29-21-8-4-3-7-19(21)20(27-13-5-2-6-14-27)16-26-22(28)15-17-9-11-18(12-10-17)30-23(24)25/h3-4,7-12,20,23H,2,5-6,13-16H2,1H3,(H,26,28). The molecule has 0 aliphatic carbocycles. The molecule has 0 aromatic heterocycles. The quantitative estimate of drug-likeness (QED) is 0.664. The third-order valence-corrected chi connectivity index (χ3v) is 5.34. The normalized spacial score (nSPS) is 15.6. The van der Waals surface area contributed by atoms with Crippen LogP contribution in [0.1, 0.15) is 36.4 Å². The Hall–Kier alpha value is -2.67. The van der Waals surface area contributed by atoms with Gasteiger partial charge in [0.1, 0.15) is 11.5 Å². The number of carbonyl (C=O) groups excluding carboxylic acids is 1. The maximum absolute atomic E-state index is 12.5. The van der Waals surface area contributed by atoms with Crippen molar-refractivity contribution < 1.29 is 23.0 Å². The number of hydrogen-bond donors (Lipinski definition) is 1. The molecule has 1 N–H and O–H groups in total. The first-order valence-electron chi connectivity index (χ1n) is 10.2. The van der Waals surface area contributed by atoms with Gasteiger partial charge in [0, 0.05) is 12.1 Å². The second-order valence-corrected chi connectivity index (χ2v) is 7.36. The topological polar surface area (TPSA) is 50.8 Å². The minimum Gasteiger partial charge on any atom is -0.496 e. The molecule has 0 bridgehead atoms. The minimum atomic E-state index is -2.86. The lowest BCUT2D eigenvalue weighted by atomic mass is 10.0. The maximum atomic E-state index is 12.5. The molecule has 1 saturated heterocycles. The molecule has 1 aliphatic heterocycles. The lowest BCUT2D eigenvalue weighted by Crippen LogP contribution is -2.41. The van der Waals surface area contributed by atoms with E-state index in [9.17, 15) is 13.6 Å². The lowest BCUT2D eigenvalue weighted by molar-refractivity contribution is -0.120. The summed E-state index contributed by atoms with van der Waals surface area (Å²) in [5.41, 5.74) is 1.80. The molecule has 2 aromatic carbocycles. The summed E-state index contributed by atoms with van der Waals surface area (Å²) in [4.78, 5) is 14.9. The van der Waals surface area contributed by atoms with Crippen LogP contribution in [0.4, 0.5) is 8.78 Å². The predicted molar refractivity (Wildman–Crippen MR) is 111 cm³/mol. The molecule has 7 heteroatoms. The fourth-order valence-corrected chi connectivity index (χ4v) is 3.85. The van der Waals surface area contributed by atoms with Crippen LogP contribution in [0.5, 0.6) is 11.5 Å². The first-order chi connectivity index (χ1) is 14.6. The van der Waals surface area contributed by atoms with Crippen molar-refractivity contribution in [1.82, 2.24) is 10.2 Å². The Kier molecular flexibility index (Phi) is 8.02. The zero-order valence-electron chi connectivity index (χ0n) is 17.2. The summed E-state index contributed by atoms with van der Waals surface area (Å²) in [6.45, 7) is -0.402. The van der Waals surface area contributed by atoms with Gasteiger partial charge in [-0.05, 0) is 49.7 Å². The Bertz CT molecular complexity index is 808. The summed E-state index contributed by atoms with van der Waals surface area (Å²) in [5, 5.41) is 3.04. The number of alkyl halides is 2. The van der Waals surface area contributed by atoms with Crippen LogP contribution < -0.4 is 14.8 Å². The zero-order chi connectivity index (χ0) is 21.3. The number of amides is 1. The van der Waals surface area contributed by atoms with Gasteiger partial charge in [-0.2, -0.15) is 8.78 Å². The summed E-state index contributed by atoms with van der Waals surface area (Å²) in [5.74, 6) is 0.780. The Balaban J connectivity index is 1.64. The molecule has 1 atom stereocenters. The Labute approximate surface area is 176 Å². The van der Waals surface area contributed by atoms with E-state index in [1.54, 1.807) is 19.2 Å². The molecular weight excluding hydrogens is 390 g/mol. The monoisotopic (exact) mass is 418 g/mol.